The normalized spacial score (nSPS) is 18.0. The maximum atomic E-state index is 12.5. The second kappa shape index (κ2) is 11.7. The highest BCUT2D eigenvalue weighted by atomic mass is 35.5. The van der Waals surface area contributed by atoms with Crippen molar-refractivity contribution in [3.8, 4) is 0 Å². The number of nitrogens with zero attached hydrogens (tertiary/aromatic N) is 1. The van der Waals surface area contributed by atoms with Crippen LogP contribution in [0.3, 0.4) is 0 Å². The minimum Gasteiger partial charge on any atom is -0.354 e. The van der Waals surface area contributed by atoms with E-state index in [-0.39, 0.29) is 30.3 Å². The zero-order valence-electron chi connectivity index (χ0n) is 14.0. The van der Waals surface area contributed by atoms with E-state index < -0.39 is 0 Å². The Kier molecular flexibility index (Phi) is 11.3. The molecular formula is C16H32ClN3O2. The Bertz CT molecular complexity index is 335. The molecule has 5 nitrogen and oxygen atoms in total. The molecule has 0 aromatic carbocycles. The van der Waals surface area contributed by atoms with E-state index in [9.17, 15) is 9.59 Å². The molecule has 1 unspecified atom stereocenters. The van der Waals surface area contributed by atoms with Crippen molar-refractivity contribution in [2.45, 2.75) is 64.8 Å². The number of halogens is 1. The first-order chi connectivity index (χ1) is 10.1. The van der Waals surface area contributed by atoms with Gasteiger partial charge in [-0.25, -0.2) is 0 Å². The third-order valence-electron chi connectivity index (χ3n) is 4.47. The molecule has 0 aromatic heterocycles. The quantitative estimate of drug-likeness (QED) is 0.714. The summed E-state index contributed by atoms with van der Waals surface area (Å²) in [6.45, 7) is 6.04. The van der Waals surface area contributed by atoms with Gasteiger partial charge in [-0.3, -0.25) is 9.59 Å². The van der Waals surface area contributed by atoms with E-state index in [1.54, 1.807) is 0 Å². The molecule has 0 aromatic rings. The van der Waals surface area contributed by atoms with E-state index in [0.29, 0.717) is 31.8 Å². The van der Waals surface area contributed by atoms with Crippen LogP contribution in [0.2, 0.25) is 0 Å². The topological polar surface area (TPSA) is 75.4 Å². The third-order valence-corrected chi connectivity index (χ3v) is 4.47. The van der Waals surface area contributed by atoms with Crippen molar-refractivity contribution in [3.05, 3.63) is 0 Å². The summed E-state index contributed by atoms with van der Waals surface area (Å²) in [4.78, 5) is 26.0. The van der Waals surface area contributed by atoms with Crippen LogP contribution in [0.4, 0.5) is 0 Å². The van der Waals surface area contributed by atoms with Crippen molar-refractivity contribution in [1.29, 1.82) is 0 Å². The molecular weight excluding hydrogens is 302 g/mol. The second-order valence-corrected chi connectivity index (χ2v) is 5.97. The average Bonchev–Trinajstić information content (AvgIpc) is 2.51. The zero-order chi connectivity index (χ0) is 15.7. The fraction of sp³-hybridized carbons (Fsp3) is 0.875. The van der Waals surface area contributed by atoms with Crippen molar-refractivity contribution < 1.29 is 9.59 Å². The summed E-state index contributed by atoms with van der Waals surface area (Å²) in [6, 6.07) is 0.155. The molecule has 130 valence electrons. The third kappa shape index (κ3) is 6.97. The average molecular weight is 334 g/mol. The number of piperidine rings is 1. The number of carbonyl (C=O) groups excluding carboxylic acids is 2. The van der Waals surface area contributed by atoms with Crippen LogP contribution < -0.4 is 11.1 Å². The van der Waals surface area contributed by atoms with Crippen molar-refractivity contribution in [2.24, 2.45) is 11.7 Å². The van der Waals surface area contributed by atoms with Gasteiger partial charge in [-0.15, -0.1) is 12.4 Å². The lowest BCUT2D eigenvalue weighted by Crippen LogP contribution is -2.49. The number of nitrogens with one attached hydrogen (secondary N) is 1. The Morgan fingerprint density at radius 3 is 2.55 bits per heavy atom. The van der Waals surface area contributed by atoms with E-state index in [4.69, 9.17) is 5.73 Å². The first-order valence-corrected chi connectivity index (χ1v) is 8.38. The highest BCUT2D eigenvalue weighted by molar-refractivity contribution is 5.85. The fourth-order valence-corrected chi connectivity index (χ4v) is 2.93. The lowest BCUT2D eigenvalue weighted by atomic mass is 9.96. The molecule has 0 aliphatic carbocycles. The Hall–Kier alpha value is -0.810. The minimum atomic E-state index is -0.0181. The largest absolute Gasteiger partial charge is 0.354 e. The van der Waals surface area contributed by atoms with E-state index in [0.717, 1.165) is 38.6 Å². The molecule has 1 aliphatic heterocycles. The molecule has 0 saturated carbocycles. The van der Waals surface area contributed by atoms with Gasteiger partial charge < -0.3 is 16.0 Å². The number of nitrogens with two attached hydrogens (primary N) is 1. The number of carbonyl (C=O) groups is 2. The maximum Gasteiger partial charge on any atom is 0.223 e. The molecule has 0 spiro atoms. The lowest BCUT2D eigenvalue weighted by molar-refractivity contribution is -0.136. The zero-order valence-corrected chi connectivity index (χ0v) is 14.8. The smallest absolute Gasteiger partial charge is 0.223 e. The first kappa shape index (κ1) is 21.2. The van der Waals surface area contributed by atoms with E-state index >= 15 is 0 Å². The fourth-order valence-electron chi connectivity index (χ4n) is 2.93. The van der Waals surface area contributed by atoms with Crippen LogP contribution in [-0.2, 0) is 9.59 Å². The second-order valence-electron chi connectivity index (χ2n) is 5.97. The first-order valence-electron chi connectivity index (χ1n) is 8.38. The molecule has 1 heterocycles. The molecule has 22 heavy (non-hydrogen) atoms. The molecule has 1 rings (SSSR count). The van der Waals surface area contributed by atoms with Crippen LogP contribution in [0, 0.1) is 5.92 Å². The molecule has 0 bridgehead atoms. The molecule has 0 radical (unpaired) electrons. The SMILES string of the molecule is CCC(CC)CC(=O)N1CCCCC1CNC(=O)CCN.Cl. The molecule has 3 N–H and O–H groups in total. The number of amides is 2. The molecule has 1 saturated heterocycles. The summed E-state index contributed by atoms with van der Waals surface area (Å²) in [7, 11) is 0. The van der Waals surface area contributed by atoms with Gasteiger partial charge in [-0.1, -0.05) is 26.7 Å². The van der Waals surface area contributed by atoms with Crippen LogP contribution in [0.1, 0.15) is 58.8 Å². The van der Waals surface area contributed by atoms with Crippen LogP contribution in [0.5, 0.6) is 0 Å². The Morgan fingerprint density at radius 2 is 1.95 bits per heavy atom. The summed E-state index contributed by atoms with van der Waals surface area (Å²) in [5.74, 6) is 0.712. The highest BCUT2D eigenvalue weighted by Gasteiger charge is 2.27. The Balaban J connectivity index is 0.00000441. The van der Waals surface area contributed by atoms with Gasteiger partial charge in [0.25, 0.3) is 0 Å². The van der Waals surface area contributed by atoms with Gasteiger partial charge >= 0.3 is 0 Å². The number of rotatable bonds is 8. The van der Waals surface area contributed by atoms with E-state index in [1.807, 2.05) is 4.90 Å². The summed E-state index contributed by atoms with van der Waals surface area (Å²) in [5.41, 5.74) is 5.37. The van der Waals surface area contributed by atoms with Gasteiger partial charge in [0.2, 0.25) is 11.8 Å². The molecule has 1 aliphatic rings. The van der Waals surface area contributed by atoms with Crippen molar-refractivity contribution >= 4 is 24.2 Å². The van der Waals surface area contributed by atoms with Crippen LogP contribution >= 0.6 is 12.4 Å². The standard InChI is InChI=1S/C16H31N3O2.ClH/c1-3-13(4-2)11-16(21)19-10-6-5-7-14(19)12-18-15(20)8-9-17;/h13-14H,3-12,17H2,1-2H3,(H,18,20);1H. The Morgan fingerprint density at radius 1 is 1.27 bits per heavy atom. The van der Waals surface area contributed by atoms with Crippen molar-refractivity contribution in [3.63, 3.8) is 0 Å². The summed E-state index contributed by atoms with van der Waals surface area (Å²) < 4.78 is 0. The lowest BCUT2D eigenvalue weighted by Gasteiger charge is -2.36. The highest BCUT2D eigenvalue weighted by Crippen LogP contribution is 2.21. The van der Waals surface area contributed by atoms with Gasteiger partial charge in [-0.2, -0.15) is 0 Å². The van der Waals surface area contributed by atoms with Crippen LogP contribution in [-0.4, -0.2) is 42.4 Å². The van der Waals surface area contributed by atoms with Crippen LogP contribution in [0.25, 0.3) is 0 Å². The summed E-state index contributed by atoms with van der Waals surface area (Å²) in [5, 5.41) is 2.91. The molecule has 2 amide bonds. The molecule has 1 atom stereocenters. The predicted octanol–water partition coefficient (Wildman–Crippen LogP) is 2.08. The minimum absolute atomic E-state index is 0. The maximum absolute atomic E-state index is 12.5. The molecule has 1 fully saturated rings. The van der Waals surface area contributed by atoms with E-state index in [1.165, 1.54) is 0 Å². The van der Waals surface area contributed by atoms with Gasteiger partial charge in [0, 0.05) is 38.5 Å². The summed E-state index contributed by atoms with van der Waals surface area (Å²) in [6.07, 6.45) is 6.28. The summed E-state index contributed by atoms with van der Waals surface area (Å²) >= 11 is 0. The van der Waals surface area contributed by atoms with E-state index in [2.05, 4.69) is 19.2 Å². The van der Waals surface area contributed by atoms with Gasteiger partial charge in [0.15, 0.2) is 0 Å². The van der Waals surface area contributed by atoms with Crippen molar-refractivity contribution in [2.75, 3.05) is 19.6 Å². The van der Waals surface area contributed by atoms with Gasteiger partial charge in [0.05, 0.1) is 0 Å². The number of hydrogen-bond acceptors (Lipinski definition) is 3. The monoisotopic (exact) mass is 333 g/mol. The Labute approximate surface area is 140 Å². The molecule has 6 heteroatoms. The predicted molar refractivity (Wildman–Crippen MR) is 92.0 cm³/mol. The van der Waals surface area contributed by atoms with Crippen LogP contribution in [0.15, 0.2) is 0 Å². The van der Waals surface area contributed by atoms with Gasteiger partial charge in [-0.05, 0) is 25.2 Å². The van der Waals surface area contributed by atoms with Crippen molar-refractivity contribution in [1.82, 2.24) is 10.2 Å². The van der Waals surface area contributed by atoms with Gasteiger partial charge in [0.1, 0.15) is 0 Å². The number of likely N-dealkylation sites (tertiary alicyclic amines) is 1. The number of hydrogen-bond donors (Lipinski definition) is 2.